The minimum absolute atomic E-state index is 0.199. The molecule has 6 nitrogen and oxygen atoms in total. The lowest BCUT2D eigenvalue weighted by molar-refractivity contribution is -0.118. The summed E-state index contributed by atoms with van der Waals surface area (Å²) in [4.78, 5) is 22.5. The Morgan fingerprint density at radius 1 is 1.35 bits per heavy atom. The molecule has 92 valence electrons. The number of rotatable bonds is 5. The Morgan fingerprint density at radius 2 is 2.00 bits per heavy atom. The van der Waals surface area contributed by atoms with Crippen LogP contribution < -0.4 is 17.2 Å². The average Bonchev–Trinajstić information content (AvgIpc) is 2.28. The molecule has 17 heavy (non-hydrogen) atoms. The van der Waals surface area contributed by atoms with Crippen LogP contribution in [0.15, 0.2) is 18.2 Å². The van der Waals surface area contributed by atoms with E-state index in [1.54, 1.807) is 6.07 Å². The Morgan fingerprint density at radius 3 is 2.53 bits per heavy atom. The number of hydrogen-bond acceptors (Lipinski definition) is 5. The highest BCUT2D eigenvalue weighted by molar-refractivity contribution is 6.05. The maximum Gasteiger partial charge on any atom is 0.219 e. The average molecular weight is 237 g/mol. The molecule has 0 fully saturated rings. The number of ketones is 1. The van der Waals surface area contributed by atoms with Crippen molar-refractivity contribution in [2.24, 2.45) is 11.5 Å². The van der Waals surface area contributed by atoms with Gasteiger partial charge in [-0.15, -0.1) is 0 Å². The molecule has 0 saturated heterocycles. The first-order valence-corrected chi connectivity index (χ1v) is 5.03. The van der Waals surface area contributed by atoms with Crippen molar-refractivity contribution in [2.75, 3.05) is 5.73 Å². The summed E-state index contributed by atoms with van der Waals surface area (Å²) in [6.07, 6.45) is -0.234. The molecule has 1 aromatic rings. The van der Waals surface area contributed by atoms with Gasteiger partial charge in [0.1, 0.15) is 0 Å². The molecule has 0 bridgehead atoms. The lowest BCUT2D eigenvalue weighted by Gasteiger charge is -2.11. The number of benzene rings is 1. The van der Waals surface area contributed by atoms with E-state index in [0.717, 1.165) is 0 Å². The molecule has 0 saturated carbocycles. The molecule has 6 heteroatoms. The summed E-state index contributed by atoms with van der Waals surface area (Å²) in [5.74, 6) is -1.11. The largest absolute Gasteiger partial charge is 0.398 e. The van der Waals surface area contributed by atoms with Crippen LogP contribution in [0.3, 0.4) is 0 Å². The fourth-order valence-electron chi connectivity index (χ4n) is 1.42. The van der Waals surface area contributed by atoms with E-state index in [4.69, 9.17) is 22.3 Å². The molecule has 0 aliphatic carbocycles. The second kappa shape index (κ2) is 5.42. The smallest absolute Gasteiger partial charge is 0.219 e. The van der Waals surface area contributed by atoms with E-state index in [1.165, 1.54) is 12.1 Å². The molecule has 0 heterocycles. The summed E-state index contributed by atoms with van der Waals surface area (Å²) in [6, 6.07) is 3.56. The minimum Gasteiger partial charge on any atom is -0.398 e. The van der Waals surface area contributed by atoms with E-state index >= 15 is 0 Å². The van der Waals surface area contributed by atoms with E-state index in [-0.39, 0.29) is 24.3 Å². The summed E-state index contributed by atoms with van der Waals surface area (Å²) in [5.41, 5.74) is 17.1. The van der Waals surface area contributed by atoms with E-state index in [0.29, 0.717) is 5.56 Å². The first kappa shape index (κ1) is 13.1. The van der Waals surface area contributed by atoms with Crippen LogP contribution in [0.4, 0.5) is 5.69 Å². The third-order valence-electron chi connectivity index (χ3n) is 2.32. The first-order valence-electron chi connectivity index (χ1n) is 5.03. The van der Waals surface area contributed by atoms with Crippen LogP contribution in [0.5, 0.6) is 0 Å². The Bertz CT molecular complexity index is 446. The van der Waals surface area contributed by atoms with E-state index < -0.39 is 17.7 Å². The number of carbonyl (C=O) groups is 2. The highest BCUT2D eigenvalue weighted by atomic mass is 16.3. The molecular weight excluding hydrogens is 222 g/mol. The molecule has 0 aliphatic heterocycles. The quantitative estimate of drug-likeness (QED) is 0.391. The SMILES string of the molecule is NC(=O)CC(N)C(=O)c1cc(CO)ccc1N. The Hall–Kier alpha value is -1.92. The predicted octanol–water partition coefficient (Wildman–Crippen LogP) is -0.853. The third-order valence-corrected chi connectivity index (χ3v) is 2.32. The van der Waals surface area contributed by atoms with Gasteiger partial charge < -0.3 is 22.3 Å². The van der Waals surface area contributed by atoms with Gasteiger partial charge in [0.15, 0.2) is 5.78 Å². The van der Waals surface area contributed by atoms with Crippen LogP contribution in [0.2, 0.25) is 0 Å². The van der Waals surface area contributed by atoms with Gasteiger partial charge in [0.2, 0.25) is 5.91 Å². The highest BCUT2D eigenvalue weighted by Gasteiger charge is 2.20. The number of aliphatic hydroxyl groups excluding tert-OH is 1. The van der Waals surface area contributed by atoms with Gasteiger partial charge in [-0.3, -0.25) is 9.59 Å². The number of nitrogens with two attached hydrogens (primary N) is 3. The van der Waals surface area contributed by atoms with E-state index in [1.807, 2.05) is 0 Å². The maximum atomic E-state index is 11.9. The second-order valence-corrected chi connectivity index (χ2v) is 3.72. The van der Waals surface area contributed by atoms with Crippen LogP contribution in [-0.2, 0) is 11.4 Å². The van der Waals surface area contributed by atoms with Crippen molar-refractivity contribution in [3.63, 3.8) is 0 Å². The summed E-state index contributed by atoms with van der Waals surface area (Å²) in [7, 11) is 0. The molecule has 1 aromatic carbocycles. The predicted molar refractivity (Wildman–Crippen MR) is 62.9 cm³/mol. The Balaban J connectivity index is 2.98. The van der Waals surface area contributed by atoms with E-state index in [2.05, 4.69) is 0 Å². The van der Waals surface area contributed by atoms with Crippen molar-refractivity contribution >= 4 is 17.4 Å². The van der Waals surface area contributed by atoms with Crippen molar-refractivity contribution in [3.05, 3.63) is 29.3 Å². The van der Waals surface area contributed by atoms with Gasteiger partial charge in [0.25, 0.3) is 0 Å². The summed E-state index contributed by atoms with van der Waals surface area (Å²) >= 11 is 0. The van der Waals surface area contributed by atoms with Crippen LogP contribution >= 0.6 is 0 Å². The first-order chi connectivity index (χ1) is 7.95. The Kier molecular flexibility index (Phi) is 4.19. The number of amides is 1. The lowest BCUT2D eigenvalue weighted by Crippen LogP contribution is -2.35. The molecular formula is C11H15N3O3. The van der Waals surface area contributed by atoms with Crippen molar-refractivity contribution < 1.29 is 14.7 Å². The third kappa shape index (κ3) is 3.27. The van der Waals surface area contributed by atoms with Crippen molar-refractivity contribution in [3.8, 4) is 0 Å². The second-order valence-electron chi connectivity index (χ2n) is 3.72. The molecule has 1 unspecified atom stereocenters. The van der Waals surface area contributed by atoms with Gasteiger partial charge >= 0.3 is 0 Å². The summed E-state index contributed by atoms with van der Waals surface area (Å²) in [6.45, 7) is -0.203. The van der Waals surface area contributed by atoms with Crippen LogP contribution in [0, 0.1) is 0 Å². The fourth-order valence-corrected chi connectivity index (χ4v) is 1.42. The molecule has 0 aromatic heterocycles. The van der Waals surface area contributed by atoms with Crippen molar-refractivity contribution in [2.45, 2.75) is 19.1 Å². The zero-order valence-electron chi connectivity index (χ0n) is 9.22. The van der Waals surface area contributed by atoms with Crippen molar-refractivity contribution in [1.29, 1.82) is 0 Å². The monoisotopic (exact) mass is 237 g/mol. The standard InChI is InChI=1S/C11H15N3O3/c12-8-2-1-6(5-15)3-7(8)11(17)9(13)4-10(14)16/h1-3,9,15H,4-5,12-13H2,(H2,14,16). The van der Waals surface area contributed by atoms with Gasteiger partial charge in [0.05, 0.1) is 12.6 Å². The van der Waals surface area contributed by atoms with Crippen LogP contribution in [-0.4, -0.2) is 22.8 Å². The molecule has 1 rings (SSSR count). The molecule has 1 amide bonds. The zero-order valence-corrected chi connectivity index (χ0v) is 9.22. The number of primary amides is 1. The number of nitrogen functional groups attached to an aromatic ring is 1. The zero-order chi connectivity index (χ0) is 13.0. The molecule has 0 spiro atoms. The Labute approximate surface area is 98.4 Å². The van der Waals surface area contributed by atoms with E-state index in [9.17, 15) is 9.59 Å². The van der Waals surface area contributed by atoms with Gasteiger partial charge in [-0.05, 0) is 17.7 Å². The number of Topliss-reactive ketones (excluding diaryl/α,β-unsaturated/α-hetero) is 1. The molecule has 0 radical (unpaired) electrons. The number of anilines is 1. The van der Waals surface area contributed by atoms with Gasteiger partial charge in [-0.2, -0.15) is 0 Å². The van der Waals surface area contributed by atoms with Gasteiger partial charge in [-0.1, -0.05) is 6.07 Å². The van der Waals surface area contributed by atoms with Crippen molar-refractivity contribution in [1.82, 2.24) is 0 Å². The van der Waals surface area contributed by atoms with Crippen LogP contribution in [0.25, 0.3) is 0 Å². The van der Waals surface area contributed by atoms with Gasteiger partial charge in [0, 0.05) is 17.7 Å². The number of hydrogen-bond donors (Lipinski definition) is 4. The summed E-state index contributed by atoms with van der Waals surface area (Å²) < 4.78 is 0. The topological polar surface area (TPSA) is 132 Å². The fraction of sp³-hybridized carbons (Fsp3) is 0.273. The number of aliphatic hydroxyl groups is 1. The van der Waals surface area contributed by atoms with Gasteiger partial charge in [-0.25, -0.2) is 0 Å². The van der Waals surface area contributed by atoms with Crippen LogP contribution in [0.1, 0.15) is 22.3 Å². The minimum atomic E-state index is -1.01. The number of carbonyl (C=O) groups excluding carboxylic acids is 2. The molecule has 0 aliphatic rings. The molecule has 1 atom stereocenters. The maximum absolute atomic E-state index is 11.9. The lowest BCUT2D eigenvalue weighted by atomic mass is 9.99. The highest BCUT2D eigenvalue weighted by Crippen LogP contribution is 2.16. The summed E-state index contributed by atoms with van der Waals surface area (Å²) in [5, 5.41) is 8.96. The molecule has 7 N–H and O–H groups in total. The normalized spacial score (nSPS) is 12.1.